The number of rotatable bonds is 10. The number of allylic oxidation sites excluding steroid dienone is 10. The van der Waals surface area contributed by atoms with Crippen molar-refractivity contribution < 1.29 is 14.3 Å². The highest BCUT2D eigenvalue weighted by Crippen LogP contribution is 2.21. The van der Waals surface area contributed by atoms with Gasteiger partial charge in [-0.1, -0.05) is 61.8 Å². The van der Waals surface area contributed by atoms with Gasteiger partial charge in [0, 0.05) is 30.8 Å². The Morgan fingerprint density at radius 1 is 1.12 bits per heavy atom. The molecule has 1 N–H and O–H groups in total. The zero-order chi connectivity index (χ0) is 24.8. The van der Waals surface area contributed by atoms with Gasteiger partial charge in [-0.3, -0.25) is 9.59 Å². The number of piperidine rings is 1. The second-order valence-electron chi connectivity index (χ2n) is 8.04. The Bertz CT molecular complexity index is 960. The lowest BCUT2D eigenvalue weighted by Gasteiger charge is -2.32. The minimum Gasteiger partial charge on any atom is -0.486 e. The number of ether oxygens (including phenoxy) is 1. The average molecular weight is 461 g/mol. The lowest BCUT2D eigenvalue weighted by atomic mass is 9.96. The van der Waals surface area contributed by atoms with E-state index in [1.807, 2.05) is 62.5 Å². The SMILES string of the molecule is C=C/C=C\C(=C/C=C)C(=O)N1CCCC(C(=O)NC2=CC[C@@H](OC(/C=C\C)=C/C=C\C)C=C2)C1. The zero-order valence-electron chi connectivity index (χ0n) is 20.3. The van der Waals surface area contributed by atoms with Gasteiger partial charge in [0.25, 0.3) is 5.91 Å². The highest BCUT2D eigenvalue weighted by molar-refractivity contribution is 5.97. The zero-order valence-corrected chi connectivity index (χ0v) is 20.3. The molecular weight excluding hydrogens is 424 g/mol. The summed E-state index contributed by atoms with van der Waals surface area (Å²) in [5, 5.41) is 3.01. The van der Waals surface area contributed by atoms with E-state index in [2.05, 4.69) is 18.5 Å². The van der Waals surface area contributed by atoms with Gasteiger partial charge in [-0.25, -0.2) is 0 Å². The molecule has 1 saturated heterocycles. The first-order chi connectivity index (χ1) is 16.5. The normalized spacial score (nSPS) is 21.7. The number of carbonyl (C=O) groups excluding carboxylic acids is 2. The van der Waals surface area contributed by atoms with Crippen molar-refractivity contribution >= 4 is 11.8 Å². The van der Waals surface area contributed by atoms with Crippen LogP contribution in [0.1, 0.15) is 33.1 Å². The van der Waals surface area contributed by atoms with Crippen LogP contribution in [0.2, 0.25) is 0 Å². The predicted molar refractivity (Wildman–Crippen MR) is 139 cm³/mol. The van der Waals surface area contributed by atoms with Crippen LogP contribution in [0.3, 0.4) is 0 Å². The van der Waals surface area contributed by atoms with Crippen molar-refractivity contribution in [2.24, 2.45) is 5.92 Å². The molecule has 1 aliphatic heterocycles. The van der Waals surface area contributed by atoms with Crippen molar-refractivity contribution in [3.8, 4) is 0 Å². The second kappa shape index (κ2) is 14.5. The molecule has 1 heterocycles. The summed E-state index contributed by atoms with van der Waals surface area (Å²) in [6.07, 6.45) is 25.9. The molecule has 180 valence electrons. The summed E-state index contributed by atoms with van der Waals surface area (Å²) in [4.78, 5) is 27.6. The summed E-state index contributed by atoms with van der Waals surface area (Å²) in [7, 11) is 0. The van der Waals surface area contributed by atoms with Crippen LogP contribution in [-0.4, -0.2) is 35.9 Å². The first-order valence-corrected chi connectivity index (χ1v) is 11.7. The smallest absolute Gasteiger partial charge is 0.253 e. The summed E-state index contributed by atoms with van der Waals surface area (Å²) < 4.78 is 6.02. The van der Waals surface area contributed by atoms with Crippen LogP contribution in [0.5, 0.6) is 0 Å². The van der Waals surface area contributed by atoms with E-state index in [9.17, 15) is 9.59 Å². The Hall–Kier alpha value is -3.60. The summed E-state index contributed by atoms with van der Waals surface area (Å²) in [5.74, 6) is 0.372. The second-order valence-corrected chi connectivity index (χ2v) is 8.04. The quantitative estimate of drug-likeness (QED) is 0.268. The van der Waals surface area contributed by atoms with Crippen LogP contribution in [0.15, 0.2) is 109 Å². The molecule has 0 radical (unpaired) electrons. The third kappa shape index (κ3) is 8.39. The highest BCUT2D eigenvalue weighted by atomic mass is 16.5. The number of nitrogens with zero attached hydrogens (tertiary/aromatic N) is 1. The summed E-state index contributed by atoms with van der Waals surface area (Å²) in [5.41, 5.74) is 1.29. The first kappa shape index (κ1) is 26.7. The molecule has 2 amide bonds. The summed E-state index contributed by atoms with van der Waals surface area (Å²) >= 11 is 0. The molecule has 0 saturated carbocycles. The number of hydrogen-bond donors (Lipinski definition) is 1. The van der Waals surface area contributed by atoms with Crippen LogP contribution >= 0.6 is 0 Å². The van der Waals surface area contributed by atoms with E-state index < -0.39 is 0 Å². The highest BCUT2D eigenvalue weighted by Gasteiger charge is 2.29. The molecule has 0 aromatic carbocycles. The van der Waals surface area contributed by atoms with Crippen LogP contribution in [0, 0.1) is 5.92 Å². The van der Waals surface area contributed by atoms with Crippen molar-refractivity contribution in [3.05, 3.63) is 109 Å². The fraction of sp³-hybridized carbons (Fsp3) is 0.310. The predicted octanol–water partition coefficient (Wildman–Crippen LogP) is 5.46. The monoisotopic (exact) mass is 460 g/mol. The van der Waals surface area contributed by atoms with Crippen molar-refractivity contribution in [1.82, 2.24) is 10.2 Å². The van der Waals surface area contributed by atoms with Crippen LogP contribution in [-0.2, 0) is 14.3 Å². The molecule has 1 aliphatic carbocycles. The third-order valence-corrected chi connectivity index (χ3v) is 5.43. The minimum atomic E-state index is -0.251. The molecule has 0 bridgehead atoms. The van der Waals surface area contributed by atoms with E-state index in [0.717, 1.165) is 24.3 Å². The van der Waals surface area contributed by atoms with Crippen LogP contribution in [0.25, 0.3) is 0 Å². The van der Waals surface area contributed by atoms with Crippen molar-refractivity contribution in [2.45, 2.75) is 39.2 Å². The van der Waals surface area contributed by atoms with E-state index in [-0.39, 0.29) is 23.8 Å². The first-order valence-electron chi connectivity index (χ1n) is 11.7. The van der Waals surface area contributed by atoms with Crippen molar-refractivity contribution in [1.29, 1.82) is 0 Å². The molecule has 2 atom stereocenters. The van der Waals surface area contributed by atoms with E-state index in [4.69, 9.17) is 4.74 Å². The molecule has 5 nitrogen and oxygen atoms in total. The Labute approximate surface area is 203 Å². The lowest BCUT2D eigenvalue weighted by Crippen LogP contribution is -2.45. The van der Waals surface area contributed by atoms with Gasteiger partial charge in [-0.15, -0.1) is 0 Å². The molecule has 2 aliphatic rings. The maximum Gasteiger partial charge on any atom is 0.253 e. The number of carbonyl (C=O) groups is 2. The molecule has 1 fully saturated rings. The van der Waals surface area contributed by atoms with E-state index in [0.29, 0.717) is 25.1 Å². The fourth-order valence-electron chi connectivity index (χ4n) is 3.74. The van der Waals surface area contributed by atoms with Crippen molar-refractivity contribution in [3.63, 3.8) is 0 Å². The Balaban J connectivity index is 1.94. The van der Waals surface area contributed by atoms with E-state index >= 15 is 0 Å². The van der Waals surface area contributed by atoms with Crippen molar-refractivity contribution in [2.75, 3.05) is 13.1 Å². The number of hydrogen-bond acceptors (Lipinski definition) is 3. The standard InChI is InChI=1S/C29H36N2O3/c1-5-9-14-23(12-7-3)29(33)31-21-11-15-24(22-31)28(32)30-25-17-19-27(20-18-25)34-26(13-8-4)16-10-6-2/h5-10,12-14,16-19,24,27H,1,3,11,15,20-22H2,2,4H3,(H,30,32)/b10-6-,13-8-,14-9-,23-12+,26-16+/t24?,27-/m0/s1. The Morgan fingerprint density at radius 3 is 2.59 bits per heavy atom. The van der Waals surface area contributed by atoms with Gasteiger partial charge in [-0.05, 0) is 57.1 Å². The molecule has 0 spiro atoms. The maximum atomic E-state index is 12.9. The van der Waals surface area contributed by atoms with Gasteiger partial charge in [0.2, 0.25) is 5.91 Å². The molecule has 2 rings (SSSR count). The Kier molecular flexibility index (Phi) is 11.4. The third-order valence-electron chi connectivity index (χ3n) is 5.43. The Morgan fingerprint density at radius 2 is 1.94 bits per heavy atom. The van der Waals surface area contributed by atoms with Gasteiger partial charge >= 0.3 is 0 Å². The maximum absolute atomic E-state index is 12.9. The number of nitrogens with one attached hydrogen (secondary N) is 1. The average Bonchev–Trinajstić information content (AvgIpc) is 2.86. The molecule has 34 heavy (non-hydrogen) atoms. The minimum absolute atomic E-state index is 0.0637. The summed E-state index contributed by atoms with van der Waals surface area (Å²) in [6.45, 7) is 12.3. The van der Waals surface area contributed by atoms with Crippen LogP contribution < -0.4 is 5.32 Å². The van der Waals surface area contributed by atoms with E-state index in [1.165, 1.54) is 0 Å². The van der Waals surface area contributed by atoms with Gasteiger partial charge in [0.05, 0.1) is 5.92 Å². The topological polar surface area (TPSA) is 58.6 Å². The van der Waals surface area contributed by atoms with Gasteiger partial charge in [0.15, 0.2) is 0 Å². The molecule has 0 aromatic heterocycles. The largest absolute Gasteiger partial charge is 0.486 e. The molecular formula is C29H36N2O3. The number of likely N-dealkylation sites (tertiary alicyclic amines) is 1. The molecule has 1 unspecified atom stereocenters. The van der Waals surface area contributed by atoms with E-state index in [1.54, 1.807) is 35.3 Å². The van der Waals surface area contributed by atoms with Crippen LogP contribution in [0.4, 0.5) is 0 Å². The summed E-state index contributed by atoms with van der Waals surface area (Å²) in [6, 6.07) is 0. The fourth-order valence-corrected chi connectivity index (χ4v) is 3.74. The molecule has 0 aromatic rings. The van der Waals surface area contributed by atoms with Gasteiger partial charge < -0.3 is 15.0 Å². The lowest BCUT2D eigenvalue weighted by molar-refractivity contribution is -0.132. The van der Waals surface area contributed by atoms with Gasteiger partial charge in [0.1, 0.15) is 11.9 Å². The number of amides is 2. The van der Waals surface area contributed by atoms with Gasteiger partial charge in [-0.2, -0.15) is 0 Å². The molecule has 5 heteroatoms.